The molecule has 1 amide bonds. The van der Waals surface area contributed by atoms with Crippen molar-refractivity contribution in [2.75, 3.05) is 13.1 Å². The quantitative estimate of drug-likeness (QED) is 0.641. The number of carbonyl (C=O) groups is 1. The van der Waals surface area contributed by atoms with E-state index in [0.29, 0.717) is 13.0 Å². The van der Waals surface area contributed by atoms with Crippen LogP contribution in [0.2, 0.25) is 0 Å². The van der Waals surface area contributed by atoms with Gasteiger partial charge in [-0.1, -0.05) is 71.8 Å². The first kappa shape index (κ1) is 20.9. The summed E-state index contributed by atoms with van der Waals surface area (Å²) in [7, 11) is 0. The molecule has 0 aliphatic carbocycles. The number of hydrogen-bond donors (Lipinski definition) is 1. The second kappa shape index (κ2) is 9.66. The van der Waals surface area contributed by atoms with Crippen molar-refractivity contribution in [1.82, 2.24) is 30.4 Å². The minimum absolute atomic E-state index is 0.0451. The lowest BCUT2D eigenvalue weighted by Gasteiger charge is -2.24. The predicted molar refractivity (Wildman–Crippen MR) is 120 cm³/mol. The summed E-state index contributed by atoms with van der Waals surface area (Å²) in [6, 6.07) is 18.3. The minimum atomic E-state index is -0.223. The van der Waals surface area contributed by atoms with E-state index in [1.165, 1.54) is 11.1 Å². The van der Waals surface area contributed by atoms with Gasteiger partial charge in [0.15, 0.2) is 0 Å². The van der Waals surface area contributed by atoms with Crippen molar-refractivity contribution in [3.05, 3.63) is 83.2 Å². The fourth-order valence-corrected chi connectivity index (χ4v) is 4.07. The van der Waals surface area contributed by atoms with Crippen LogP contribution in [0.5, 0.6) is 0 Å². The Morgan fingerprint density at radius 3 is 2.65 bits per heavy atom. The molecule has 160 valence electrons. The highest BCUT2D eigenvalue weighted by molar-refractivity contribution is 5.82. The van der Waals surface area contributed by atoms with Crippen LogP contribution in [0.15, 0.2) is 66.5 Å². The number of benzene rings is 2. The first-order valence-electron chi connectivity index (χ1n) is 10.6. The third-order valence-electron chi connectivity index (χ3n) is 5.68. The third-order valence-corrected chi connectivity index (χ3v) is 5.68. The Hall–Kier alpha value is -3.32. The second-order valence-electron chi connectivity index (χ2n) is 8.23. The maximum atomic E-state index is 13.1. The molecule has 0 saturated carbocycles. The summed E-state index contributed by atoms with van der Waals surface area (Å²) in [5.41, 5.74) is 4.68. The Balaban J connectivity index is 1.46. The summed E-state index contributed by atoms with van der Waals surface area (Å²) < 4.78 is 1.76. The molecule has 1 fully saturated rings. The van der Waals surface area contributed by atoms with Crippen molar-refractivity contribution in [3.8, 4) is 0 Å². The molecule has 1 aliphatic rings. The largest absolute Gasteiger partial charge is 0.351 e. The van der Waals surface area contributed by atoms with E-state index in [4.69, 9.17) is 0 Å². The average Bonchev–Trinajstić information content (AvgIpc) is 3.44. The van der Waals surface area contributed by atoms with Crippen LogP contribution >= 0.6 is 0 Å². The van der Waals surface area contributed by atoms with E-state index in [-0.39, 0.29) is 18.0 Å². The number of rotatable bonds is 7. The molecular weight excluding hydrogens is 388 g/mol. The number of likely N-dealkylation sites (tertiary alicyclic amines) is 1. The number of nitrogens with zero attached hydrogens (tertiary/aromatic N) is 5. The standard InChI is InChI=1S/C24H28N6O/c1-18-8-10-21(11-9-18)14-25-24(31)23-13-22(30-17-26-27-28-30)16-29(23)15-19(2)12-20-6-4-3-5-7-20/h3-12,17,22-23H,13-16H2,1-2H3,(H,25,31)/b19-12+/t22-,23-/m0/s1. The van der Waals surface area contributed by atoms with E-state index in [0.717, 1.165) is 24.2 Å². The molecule has 0 bridgehead atoms. The van der Waals surface area contributed by atoms with Crippen LogP contribution in [-0.4, -0.2) is 50.1 Å². The van der Waals surface area contributed by atoms with Gasteiger partial charge in [0.05, 0.1) is 12.1 Å². The van der Waals surface area contributed by atoms with E-state index < -0.39 is 0 Å². The van der Waals surface area contributed by atoms with E-state index in [9.17, 15) is 4.79 Å². The van der Waals surface area contributed by atoms with Crippen LogP contribution in [0.25, 0.3) is 6.08 Å². The van der Waals surface area contributed by atoms with Gasteiger partial charge in [-0.2, -0.15) is 0 Å². The van der Waals surface area contributed by atoms with Gasteiger partial charge in [0.2, 0.25) is 5.91 Å². The maximum Gasteiger partial charge on any atom is 0.237 e. The van der Waals surface area contributed by atoms with Gasteiger partial charge in [0.25, 0.3) is 0 Å². The summed E-state index contributed by atoms with van der Waals surface area (Å²) in [5.74, 6) is 0.0451. The molecule has 3 aromatic rings. The van der Waals surface area contributed by atoms with Gasteiger partial charge in [-0.3, -0.25) is 9.69 Å². The van der Waals surface area contributed by atoms with Crippen molar-refractivity contribution in [2.45, 2.75) is 38.9 Å². The first-order chi connectivity index (χ1) is 15.1. The van der Waals surface area contributed by atoms with Crippen molar-refractivity contribution in [3.63, 3.8) is 0 Å². The highest BCUT2D eigenvalue weighted by Gasteiger charge is 2.38. The van der Waals surface area contributed by atoms with E-state index in [2.05, 4.69) is 82.1 Å². The zero-order chi connectivity index (χ0) is 21.6. The number of amides is 1. The fraction of sp³-hybridized carbons (Fsp3) is 0.333. The summed E-state index contributed by atoms with van der Waals surface area (Å²) in [6.07, 6.45) is 4.48. The van der Waals surface area contributed by atoms with Crippen molar-refractivity contribution in [1.29, 1.82) is 0 Å². The fourth-order valence-electron chi connectivity index (χ4n) is 4.07. The van der Waals surface area contributed by atoms with Crippen LogP contribution < -0.4 is 5.32 Å². The molecule has 2 aromatic carbocycles. The monoisotopic (exact) mass is 416 g/mol. The van der Waals surface area contributed by atoms with E-state index in [1.807, 2.05) is 18.2 Å². The number of tetrazole rings is 1. The molecule has 1 aliphatic heterocycles. The molecule has 7 nitrogen and oxygen atoms in total. The van der Waals surface area contributed by atoms with Crippen molar-refractivity contribution >= 4 is 12.0 Å². The number of aryl methyl sites for hydroxylation is 1. The normalized spacial score (nSPS) is 19.5. The van der Waals surface area contributed by atoms with Crippen LogP contribution in [0.1, 0.15) is 36.1 Å². The van der Waals surface area contributed by atoms with E-state index in [1.54, 1.807) is 11.0 Å². The van der Waals surface area contributed by atoms with Gasteiger partial charge < -0.3 is 5.32 Å². The lowest BCUT2D eigenvalue weighted by molar-refractivity contribution is -0.125. The molecule has 7 heteroatoms. The molecule has 31 heavy (non-hydrogen) atoms. The second-order valence-corrected chi connectivity index (χ2v) is 8.23. The number of nitrogens with one attached hydrogen (secondary N) is 1. The van der Waals surface area contributed by atoms with Crippen LogP contribution in [-0.2, 0) is 11.3 Å². The summed E-state index contributed by atoms with van der Waals surface area (Å²) in [5, 5.41) is 14.7. The molecule has 4 rings (SSSR count). The molecule has 1 aromatic heterocycles. The van der Waals surface area contributed by atoms with Gasteiger partial charge in [-0.05, 0) is 41.8 Å². The van der Waals surface area contributed by atoms with Gasteiger partial charge in [-0.25, -0.2) is 4.68 Å². The molecule has 0 radical (unpaired) electrons. The Kier molecular flexibility index (Phi) is 6.52. The first-order valence-corrected chi connectivity index (χ1v) is 10.6. The summed E-state index contributed by atoms with van der Waals surface area (Å²) >= 11 is 0. The van der Waals surface area contributed by atoms with Crippen LogP contribution in [0.4, 0.5) is 0 Å². The van der Waals surface area contributed by atoms with Crippen LogP contribution in [0.3, 0.4) is 0 Å². The molecule has 1 N–H and O–H groups in total. The zero-order valence-electron chi connectivity index (χ0n) is 18.0. The topological polar surface area (TPSA) is 75.9 Å². The van der Waals surface area contributed by atoms with E-state index >= 15 is 0 Å². The average molecular weight is 417 g/mol. The number of hydrogen-bond acceptors (Lipinski definition) is 5. The molecule has 2 heterocycles. The molecule has 0 unspecified atom stereocenters. The highest BCUT2D eigenvalue weighted by Crippen LogP contribution is 2.28. The van der Waals surface area contributed by atoms with Crippen molar-refractivity contribution < 1.29 is 4.79 Å². The Labute approximate surface area is 182 Å². The number of carbonyl (C=O) groups excluding carboxylic acids is 1. The van der Waals surface area contributed by atoms with Gasteiger partial charge in [0.1, 0.15) is 6.33 Å². The summed E-state index contributed by atoms with van der Waals surface area (Å²) in [4.78, 5) is 15.3. The molecule has 0 spiro atoms. The third kappa shape index (κ3) is 5.44. The van der Waals surface area contributed by atoms with Gasteiger partial charge in [0, 0.05) is 19.6 Å². The maximum absolute atomic E-state index is 13.1. The van der Waals surface area contributed by atoms with Crippen molar-refractivity contribution in [2.24, 2.45) is 0 Å². The SMILES string of the molecule is C/C(=C\c1ccccc1)CN1C[C@@H](n2cnnn2)C[C@H]1C(=O)NCc1ccc(C)cc1. The highest BCUT2D eigenvalue weighted by atomic mass is 16.2. The molecule has 2 atom stereocenters. The molecule has 1 saturated heterocycles. The minimum Gasteiger partial charge on any atom is -0.351 e. The Morgan fingerprint density at radius 1 is 1.16 bits per heavy atom. The zero-order valence-corrected chi connectivity index (χ0v) is 18.0. The Morgan fingerprint density at radius 2 is 1.94 bits per heavy atom. The molecular formula is C24H28N6O. The lowest BCUT2D eigenvalue weighted by atomic mass is 10.1. The summed E-state index contributed by atoms with van der Waals surface area (Å²) in [6.45, 7) is 6.14. The smallest absolute Gasteiger partial charge is 0.237 e. The Bertz CT molecular complexity index is 1010. The predicted octanol–water partition coefficient (Wildman–Crippen LogP) is 3.02. The number of aromatic nitrogens is 4. The lowest BCUT2D eigenvalue weighted by Crippen LogP contribution is -2.43. The van der Waals surface area contributed by atoms with Gasteiger partial charge in [-0.15, -0.1) is 5.10 Å². The van der Waals surface area contributed by atoms with Crippen LogP contribution in [0, 0.1) is 6.92 Å². The van der Waals surface area contributed by atoms with Gasteiger partial charge >= 0.3 is 0 Å².